The second-order valence-electron chi connectivity index (χ2n) is 4.72. The van der Waals surface area contributed by atoms with Crippen molar-refractivity contribution in [2.24, 2.45) is 5.92 Å². The monoisotopic (exact) mass is 274 g/mol. The molecule has 0 saturated carbocycles. The fourth-order valence-electron chi connectivity index (χ4n) is 1.85. The Morgan fingerprint density at radius 2 is 2.00 bits per heavy atom. The van der Waals surface area contributed by atoms with E-state index >= 15 is 0 Å². The number of urea groups is 1. The number of hydrogen-bond acceptors (Lipinski definition) is 4. The number of carboxylic acid groups (broad SMARTS) is 2. The summed E-state index contributed by atoms with van der Waals surface area (Å²) in [6, 6.07) is -2.14. The van der Waals surface area contributed by atoms with Crippen LogP contribution in [-0.4, -0.2) is 63.4 Å². The zero-order valence-electron chi connectivity index (χ0n) is 10.6. The van der Waals surface area contributed by atoms with Gasteiger partial charge in [-0.05, 0) is 12.3 Å². The third-order valence-electron chi connectivity index (χ3n) is 3.18. The van der Waals surface area contributed by atoms with Gasteiger partial charge in [-0.1, -0.05) is 6.92 Å². The molecule has 0 aliphatic carbocycles. The average molecular weight is 274 g/mol. The minimum absolute atomic E-state index is 0.0818. The molecule has 4 N–H and O–H groups in total. The van der Waals surface area contributed by atoms with Gasteiger partial charge in [0.2, 0.25) is 0 Å². The molecule has 2 amide bonds. The molecule has 2 unspecified atom stereocenters. The third kappa shape index (κ3) is 4.40. The zero-order chi connectivity index (χ0) is 14.6. The summed E-state index contributed by atoms with van der Waals surface area (Å²) in [5.41, 5.74) is 0. The first-order chi connectivity index (χ1) is 8.81. The number of nitrogens with one attached hydrogen (secondary N) is 1. The van der Waals surface area contributed by atoms with Crippen LogP contribution in [-0.2, 0) is 9.59 Å². The molecule has 1 rings (SSSR count). The quantitative estimate of drug-likeness (QED) is 0.538. The number of rotatable bonds is 4. The van der Waals surface area contributed by atoms with Gasteiger partial charge >= 0.3 is 18.0 Å². The highest BCUT2D eigenvalue weighted by Crippen LogP contribution is 2.16. The smallest absolute Gasteiger partial charge is 0.326 e. The number of piperidine rings is 1. The molecule has 1 fully saturated rings. The molecule has 0 spiro atoms. The van der Waals surface area contributed by atoms with E-state index < -0.39 is 36.5 Å². The Balaban J connectivity index is 2.57. The summed E-state index contributed by atoms with van der Waals surface area (Å²) >= 11 is 0. The Hall–Kier alpha value is -1.83. The zero-order valence-corrected chi connectivity index (χ0v) is 10.6. The van der Waals surface area contributed by atoms with Crippen LogP contribution in [0.25, 0.3) is 0 Å². The van der Waals surface area contributed by atoms with Crippen molar-refractivity contribution in [3.05, 3.63) is 0 Å². The molecule has 0 radical (unpaired) electrons. The SMILES string of the molecule is CC1CCN(C(=O)N[C@H](CC(=O)O)C(=O)O)CC1O. The number of amides is 2. The Labute approximate surface area is 110 Å². The molecule has 1 heterocycles. The Morgan fingerprint density at radius 3 is 2.47 bits per heavy atom. The number of aliphatic carboxylic acids is 2. The maximum Gasteiger partial charge on any atom is 0.326 e. The van der Waals surface area contributed by atoms with E-state index in [9.17, 15) is 19.5 Å². The fraction of sp³-hybridized carbons (Fsp3) is 0.727. The topological polar surface area (TPSA) is 127 Å². The molecule has 0 aromatic rings. The van der Waals surface area contributed by atoms with Crippen LogP contribution in [0.4, 0.5) is 4.79 Å². The minimum atomic E-state index is -1.47. The van der Waals surface area contributed by atoms with E-state index in [1.165, 1.54) is 4.90 Å². The van der Waals surface area contributed by atoms with Crippen molar-refractivity contribution >= 4 is 18.0 Å². The molecule has 1 aliphatic rings. The first-order valence-corrected chi connectivity index (χ1v) is 5.99. The number of β-amino-alcohol motifs (C(OH)–C–C–N with tert-alkyl or cyclic N) is 1. The summed E-state index contributed by atoms with van der Waals surface area (Å²) < 4.78 is 0. The minimum Gasteiger partial charge on any atom is -0.481 e. The van der Waals surface area contributed by atoms with Gasteiger partial charge in [0.15, 0.2) is 0 Å². The summed E-state index contributed by atoms with van der Waals surface area (Å²) in [5, 5.41) is 29.2. The Bertz CT molecular complexity index is 372. The van der Waals surface area contributed by atoms with E-state index in [4.69, 9.17) is 10.2 Å². The van der Waals surface area contributed by atoms with E-state index in [-0.39, 0.29) is 12.5 Å². The lowest BCUT2D eigenvalue weighted by atomic mass is 9.96. The van der Waals surface area contributed by atoms with Crippen molar-refractivity contribution in [3.8, 4) is 0 Å². The second kappa shape index (κ2) is 6.37. The lowest BCUT2D eigenvalue weighted by Gasteiger charge is -2.34. The lowest BCUT2D eigenvalue weighted by Crippen LogP contribution is -2.53. The van der Waals surface area contributed by atoms with E-state index in [2.05, 4.69) is 5.32 Å². The number of carbonyl (C=O) groups is 3. The molecule has 0 bridgehead atoms. The van der Waals surface area contributed by atoms with E-state index in [1.807, 2.05) is 6.92 Å². The van der Waals surface area contributed by atoms with Crippen molar-refractivity contribution in [1.82, 2.24) is 10.2 Å². The molecule has 0 aromatic heterocycles. The molecule has 108 valence electrons. The first kappa shape index (κ1) is 15.2. The lowest BCUT2D eigenvalue weighted by molar-refractivity contribution is -0.145. The predicted octanol–water partition coefficient (Wildman–Crippen LogP) is -0.673. The molecular formula is C11H18N2O6. The summed E-state index contributed by atoms with van der Waals surface area (Å²) in [4.78, 5) is 34.4. The number of hydrogen-bond donors (Lipinski definition) is 4. The van der Waals surface area contributed by atoms with Crippen LogP contribution in [0.2, 0.25) is 0 Å². The second-order valence-corrected chi connectivity index (χ2v) is 4.72. The van der Waals surface area contributed by atoms with Crippen LogP contribution < -0.4 is 5.32 Å². The summed E-state index contributed by atoms with van der Waals surface area (Å²) in [5.74, 6) is -2.62. The van der Waals surface area contributed by atoms with Crippen molar-refractivity contribution in [2.45, 2.75) is 31.9 Å². The fourth-order valence-corrected chi connectivity index (χ4v) is 1.85. The number of nitrogens with zero attached hydrogens (tertiary/aromatic N) is 1. The molecule has 0 aromatic carbocycles. The number of aliphatic hydroxyl groups excluding tert-OH is 1. The largest absolute Gasteiger partial charge is 0.481 e. The Morgan fingerprint density at radius 1 is 1.37 bits per heavy atom. The van der Waals surface area contributed by atoms with Gasteiger partial charge in [-0.3, -0.25) is 4.79 Å². The molecule has 8 heteroatoms. The standard InChI is InChI=1S/C11H18N2O6/c1-6-2-3-13(5-8(6)14)11(19)12-7(10(17)18)4-9(15)16/h6-8,14H,2-5H2,1H3,(H,12,19)(H,15,16)(H,17,18)/t6?,7-,8?/m1/s1. The van der Waals surface area contributed by atoms with Gasteiger partial charge in [-0.25, -0.2) is 9.59 Å². The third-order valence-corrected chi connectivity index (χ3v) is 3.18. The molecule has 8 nitrogen and oxygen atoms in total. The predicted molar refractivity (Wildman–Crippen MR) is 63.6 cm³/mol. The van der Waals surface area contributed by atoms with Crippen molar-refractivity contribution in [3.63, 3.8) is 0 Å². The molecule has 1 aliphatic heterocycles. The van der Waals surface area contributed by atoms with E-state index in [0.29, 0.717) is 13.0 Å². The van der Waals surface area contributed by atoms with Crippen molar-refractivity contribution < 1.29 is 29.7 Å². The van der Waals surface area contributed by atoms with Crippen LogP contribution in [0.5, 0.6) is 0 Å². The molecule has 19 heavy (non-hydrogen) atoms. The van der Waals surface area contributed by atoms with Gasteiger partial charge in [0.1, 0.15) is 6.04 Å². The first-order valence-electron chi connectivity index (χ1n) is 5.99. The summed E-state index contributed by atoms with van der Waals surface area (Å²) in [6.45, 7) is 2.39. The van der Waals surface area contributed by atoms with Crippen LogP contribution in [0.1, 0.15) is 19.8 Å². The van der Waals surface area contributed by atoms with Gasteiger partial charge in [-0.15, -0.1) is 0 Å². The maximum atomic E-state index is 11.8. The van der Waals surface area contributed by atoms with Crippen LogP contribution in [0, 0.1) is 5.92 Å². The normalized spacial score (nSPS) is 24.6. The van der Waals surface area contributed by atoms with Crippen LogP contribution in [0.15, 0.2) is 0 Å². The maximum absolute atomic E-state index is 11.8. The molecular weight excluding hydrogens is 256 g/mol. The van der Waals surface area contributed by atoms with Crippen molar-refractivity contribution in [2.75, 3.05) is 13.1 Å². The summed E-state index contributed by atoms with van der Waals surface area (Å²) in [6.07, 6.45) is -0.721. The van der Waals surface area contributed by atoms with E-state index in [0.717, 1.165) is 0 Å². The highest BCUT2D eigenvalue weighted by Gasteiger charge is 2.30. The van der Waals surface area contributed by atoms with E-state index in [1.54, 1.807) is 0 Å². The van der Waals surface area contributed by atoms with Gasteiger partial charge in [0.25, 0.3) is 0 Å². The van der Waals surface area contributed by atoms with Gasteiger partial charge in [0, 0.05) is 13.1 Å². The Kier molecular flexibility index (Phi) is 5.11. The van der Waals surface area contributed by atoms with Crippen LogP contribution in [0.3, 0.4) is 0 Å². The highest BCUT2D eigenvalue weighted by molar-refractivity contribution is 5.86. The number of carbonyl (C=O) groups excluding carboxylic acids is 1. The average Bonchev–Trinajstić information content (AvgIpc) is 2.31. The molecule has 3 atom stereocenters. The van der Waals surface area contributed by atoms with Gasteiger partial charge in [0.05, 0.1) is 12.5 Å². The number of carboxylic acids is 2. The van der Waals surface area contributed by atoms with Crippen LogP contribution >= 0.6 is 0 Å². The number of likely N-dealkylation sites (tertiary alicyclic amines) is 1. The molecule has 1 saturated heterocycles. The number of aliphatic hydroxyl groups is 1. The highest BCUT2D eigenvalue weighted by atomic mass is 16.4. The van der Waals surface area contributed by atoms with Gasteiger partial charge in [-0.2, -0.15) is 0 Å². The van der Waals surface area contributed by atoms with Gasteiger partial charge < -0.3 is 25.5 Å². The van der Waals surface area contributed by atoms with Crippen molar-refractivity contribution in [1.29, 1.82) is 0 Å². The summed E-state index contributed by atoms with van der Waals surface area (Å²) in [7, 11) is 0.